The third-order valence-corrected chi connectivity index (χ3v) is 2.38. The lowest BCUT2D eigenvalue weighted by atomic mass is 10.3. The zero-order valence-electron chi connectivity index (χ0n) is 13.2. The van der Waals surface area contributed by atoms with Crippen LogP contribution in [0.25, 0.3) is 0 Å². The molecule has 5 nitrogen and oxygen atoms in total. The van der Waals surface area contributed by atoms with Gasteiger partial charge in [0.05, 0.1) is 12.0 Å². The molecule has 0 aliphatic rings. The number of aryl methyl sites for hydroxylation is 1. The molecule has 0 aliphatic heterocycles. The van der Waals surface area contributed by atoms with Crippen molar-refractivity contribution in [1.82, 2.24) is 25.2 Å². The summed E-state index contributed by atoms with van der Waals surface area (Å²) in [5, 5.41) is 6.09. The number of hydrogen-bond acceptors (Lipinski definition) is 4. The van der Waals surface area contributed by atoms with Gasteiger partial charge >= 0.3 is 0 Å². The molecule has 0 atom stereocenters. The Bertz CT molecular complexity index is 425. The SMILES string of the molecule is CC.CNCc1cccnc1.CNCc1cncn1C. The van der Waals surface area contributed by atoms with Crippen molar-refractivity contribution in [3.05, 3.63) is 48.3 Å². The minimum atomic E-state index is 0.885. The topological polar surface area (TPSA) is 54.8 Å². The van der Waals surface area contributed by atoms with Crippen LogP contribution in [0.1, 0.15) is 25.1 Å². The van der Waals surface area contributed by atoms with Gasteiger partial charge in [-0.05, 0) is 25.7 Å². The molecule has 0 bridgehead atoms. The summed E-state index contributed by atoms with van der Waals surface area (Å²) in [6, 6.07) is 3.98. The van der Waals surface area contributed by atoms with Gasteiger partial charge in [-0.1, -0.05) is 19.9 Å². The number of hydrogen-bond donors (Lipinski definition) is 2. The molecule has 5 heteroatoms. The van der Waals surface area contributed by atoms with E-state index >= 15 is 0 Å². The molecule has 2 N–H and O–H groups in total. The van der Waals surface area contributed by atoms with Crippen molar-refractivity contribution in [2.24, 2.45) is 7.05 Å². The maximum absolute atomic E-state index is 3.96. The third-order valence-electron chi connectivity index (χ3n) is 2.38. The van der Waals surface area contributed by atoms with Crippen LogP contribution in [-0.4, -0.2) is 28.6 Å². The predicted octanol–water partition coefficient (Wildman–Crippen LogP) is 1.97. The molecular formula is C15H27N5. The van der Waals surface area contributed by atoms with Gasteiger partial charge in [-0.2, -0.15) is 0 Å². The summed E-state index contributed by atoms with van der Waals surface area (Å²) < 4.78 is 2.00. The van der Waals surface area contributed by atoms with Gasteiger partial charge in [0, 0.05) is 38.7 Å². The molecule has 0 amide bonds. The smallest absolute Gasteiger partial charge is 0.0945 e. The van der Waals surface area contributed by atoms with Gasteiger partial charge in [-0.25, -0.2) is 4.98 Å². The van der Waals surface area contributed by atoms with Crippen molar-refractivity contribution < 1.29 is 0 Å². The second-order valence-corrected chi connectivity index (χ2v) is 3.92. The van der Waals surface area contributed by atoms with E-state index < -0.39 is 0 Å². The Morgan fingerprint density at radius 3 is 2.20 bits per heavy atom. The van der Waals surface area contributed by atoms with Crippen LogP contribution >= 0.6 is 0 Å². The average Bonchev–Trinajstić information content (AvgIpc) is 2.89. The number of nitrogens with zero attached hydrogens (tertiary/aromatic N) is 3. The van der Waals surface area contributed by atoms with E-state index in [-0.39, 0.29) is 0 Å². The van der Waals surface area contributed by atoms with Crippen molar-refractivity contribution in [3.8, 4) is 0 Å². The molecule has 2 rings (SSSR count). The van der Waals surface area contributed by atoms with Crippen LogP contribution in [0, 0.1) is 0 Å². The molecule has 0 aliphatic carbocycles. The zero-order valence-corrected chi connectivity index (χ0v) is 13.2. The molecule has 0 saturated carbocycles. The lowest BCUT2D eigenvalue weighted by molar-refractivity contribution is 0.734. The van der Waals surface area contributed by atoms with Crippen LogP contribution in [0.5, 0.6) is 0 Å². The monoisotopic (exact) mass is 277 g/mol. The fraction of sp³-hybridized carbons (Fsp3) is 0.467. The standard InChI is InChI=1S/C7H10N2.C6H11N3.C2H6/c1-8-5-7-3-2-4-9-6-7;1-7-3-6-4-8-5-9(6)2;1-2/h2-4,6,8H,5H2,1H3;4-5,7H,3H2,1-2H3;1-2H3. The van der Waals surface area contributed by atoms with Gasteiger partial charge in [-0.3, -0.25) is 4.98 Å². The predicted molar refractivity (Wildman–Crippen MR) is 84.3 cm³/mol. The normalized spacial score (nSPS) is 9.05. The molecule has 2 aromatic heterocycles. The molecule has 0 aromatic carbocycles. The molecule has 0 radical (unpaired) electrons. The molecule has 20 heavy (non-hydrogen) atoms. The van der Waals surface area contributed by atoms with Crippen molar-refractivity contribution in [1.29, 1.82) is 0 Å². The van der Waals surface area contributed by atoms with Crippen molar-refractivity contribution in [2.45, 2.75) is 26.9 Å². The Morgan fingerprint density at radius 1 is 1.05 bits per heavy atom. The molecule has 0 saturated heterocycles. The highest BCUT2D eigenvalue weighted by atomic mass is 15.0. The first-order valence-electron chi connectivity index (χ1n) is 6.91. The van der Waals surface area contributed by atoms with Gasteiger partial charge in [0.2, 0.25) is 0 Å². The summed E-state index contributed by atoms with van der Waals surface area (Å²) in [5.41, 5.74) is 2.43. The van der Waals surface area contributed by atoms with E-state index in [0.717, 1.165) is 13.1 Å². The maximum atomic E-state index is 3.96. The Labute approximate surface area is 122 Å². The Hall–Kier alpha value is -1.72. The van der Waals surface area contributed by atoms with Crippen LogP contribution in [0.3, 0.4) is 0 Å². The van der Waals surface area contributed by atoms with E-state index in [9.17, 15) is 0 Å². The highest BCUT2D eigenvalue weighted by Gasteiger charge is 1.92. The van der Waals surface area contributed by atoms with E-state index in [4.69, 9.17) is 0 Å². The van der Waals surface area contributed by atoms with Gasteiger partial charge < -0.3 is 15.2 Å². The molecule has 112 valence electrons. The number of aromatic nitrogens is 3. The highest BCUT2D eigenvalue weighted by Crippen LogP contribution is 1.93. The van der Waals surface area contributed by atoms with Crippen molar-refractivity contribution in [2.75, 3.05) is 14.1 Å². The zero-order chi connectivity index (χ0) is 15.2. The fourth-order valence-electron chi connectivity index (χ4n) is 1.44. The van der Waals surface area contributed by atoms with Gasteiger partial charge in [0.25, 0.3) is 0 Å². The van der Waals surface area contributed by atoms with Crippen LogP contribution in [0.2, 0.25) is 0 Å². The highest BCUT2D eigenvalue weighted by molar-refractivity contribution is 5.07. The van der Waals surface area contributed by atoms with Crippen LogP contribution in [0.15, 0.2) is 37.1 Å². The summed E-state index contributed by atoms with van der Waals surface area (Å²) in [4.78, 5) is 7.93. The number of pyridine rings is 1. The van der Waals surface area contributed by atoms with E-state index in [2.05, 4.69) is 20.6 Å². The number of nitrogens with one attached hydrogen (secondary N) is 2. The van der Waals surface area contributed by atoms with E-state index in [1.54, 1.807) is 12.5 Å². The lowest BCUT2D eigenvalue weighted by Crippen LogP contribution is -2.08. The van der Waals surface area contributed by atoms with E-state index in [1.807, 2.05) is 64.1 Å². The van der Waals surface area contributed by atoms with Gasteiger partial charge in [-0.15, -0.1) is 0 Å². The fourth-order valence-corrected chi connectivity index (χ4v) is 1.44. The summed E-state index contributed by atoms with van der Waals surface area (Å²) >= 11 is 0. The number of rotatable bonds is 4. The van der Waals surface area contributed by atoms with E-state index in [1.165, 1.54) is 11.3 Å². The van der Waals surface area contributed by atoms with Gasteiger partial charge in [0.1, 0.15) is 0 Å². The summed E-state index contributed by atoms with van der Waals surface area (Å²) in [6.45, 7) is 5.78. The summed E-state index contributed by atoms with van der Waals surface area (Å²) in [7, 11) is 5.83. The van der Waals surface area contributed by atoms with Crippen molar-refractivity contribution >= 4 is 0 Å². The lowest BCUT2D eigenvalue weighted by Gasteiger charge is -1.97. The molecular weight excluding hydrogens is 250 g/mol. The minimum absolute atomic E-state index is 0.885. The molecule has 0 unspecified atom stereocenters. The van der Waals surface area contributed by atoms with Crippen LogP contribution < -0.4 is 10.6 Å². The first-order valence-corrected chi connectivity index (χ1v) is 6.91. The second-order valence-electron chi connectivity index (χ2n) is 3.92. The molecule has 0 spiro atoms. The first-order chi connectivity index (χ1) is 9.77. The Kier molecular flexibility index (Phi) is 11.3. The van der Waals surface area contributed by atoms with Crippen LogP contribution in [-0.2, 0) is 20.1 Å². The first kappa shape index (κ1) is 18.3. The number of imidazole rings is 1. The summed E-state index contributed by atoms with van der Waals surface area (Å²) in [6.07, 6.45) is 7.29. The third kappa shape index (κ3) is 7.66. The largest absolute Gasteiger partial charge is 0.337 e. The average molecular weight is 277 g/mol. The maximum Gasteiger partial charge on any atom is 0.0945 e. The summed E-state index contributed by atoms with van der Waals surface area (Å²) in [5.74, 6) is 0. The molecule has 2 aromatic rings. The Balaban J connectivity index is 0.000000321. The minimum Gasteiger partial charge on any atom is -0.337 e. The van der Waals surface area contributed by atoms with Crippen molar-refractivity contribution in [3.63, 3.8) is 0 Å². The van der Waals surface area contributed by atoms with E-state index in [0.29, 0.717) is 0 Å². The molecule has 0 fully saturated rings. The van der Waals surface area contributed by atoms with Crippen LogP contribution in [0.4, 0.5) is 0 Å². The second kappa shape index (κ2) is 12.3. The Morgan fingerprint density at radius 2 is 1.75 bits per heavy atom. The quantitative estimate of drug-likeness (QED) is 0.897. The van der Waals surface area contributed by atoms with Gasteiger partial charge in [0.15, 0.2) is 0 Å². The molecule has 2 heterocycles.